The first-order chi connectivity index (χ1) is 13.0. The Labute approximate surface area is 162 Å². The van der Waals surface area contributed by atoms with Crippen molar-refractivity contribution in [1.82, 2.24) is 4.90 Å². The van der Waals surface area contributed by atoms with Crippen LogP contribution in [0.3, 0.4) is 0 Å². The molecule has 4 nitrogen and oxygen atoms in total. The highest BCUT2D eigenvalue weighted by molar-refractivity contribution is 6.21. The second-order valence-electron chi connectivity index (χ2n) is 8.19. The number of fused-ring (bicyclic) bond motifs is 1. The Bertz CT molecular complexity index is 717. The smallest absolute Gasteiger partial charge is 0.262 e. The zero-order valence-electron chi connectivity index (χ0n) is 16.3. The molecule has 144 valence electrons. The van der Waals surface area contributed by atoms with Crippen LogP contribution in [0.4, 0.5) is 0 Å². The lowest BCUT2D eigenvalue weighted by Crippen LogP contribution is -2.32. The van der Waals surface area contributed by atoms with Crippen LogP contribution in [0, 0.1) is 29.6 Å². The van der Waals surface area contributed by atoms with E-state index < -0.39 is 6.10 Å². The second kappa shape index (κ2) is 8.71. The van der Waals surface area contributed by atoms with Crippen molar-refractivity contribution in [1.29, 1.82) is 0 Å². The quantitative estimate of drug-likeness (QED) is 0.634. The molecule has 27 heavy (non-hydrogen) atoms. The minimum absolute atomic E-state index is 0.0817. The van der Waals surface area contributed by atoms with Gasteiger partial charge in [-0.3, -0.25) is 14.5 Å². The van der Waals surface area contributed by atoms with Crippen LogP contribution in [0.1, 0.15) is 73.1 Å². The van der Waals surface area contributed by atoms with E-state index in [1.54, 1.807) is 24.3 Å². The molecular weight excluding hydrogens is 338 g/mol. The predicted octanol–water partition coefficient (Wildman–Crippen LogP) is 3.89. The number of imide groups is 1. The molecular formula is C23H29NO3. The molecule has 1 aromatic carbocycles. The van der Waals surface area contributed by atoms with Gasteiger partial charge in [0.1, 0.15) is 0 Å². The van der Waals surface area contributed by atoms with Crippen molar-refractivity contribution in [3.05, 3.63) is 35.4 Å². The molecule has 0 aromatic heterocycles. The van der Waals surface area contributed by atoms with E-state index in [-0.39, 0.29) is 24.3 Å². The number of rotatable bonds is 5. The van der Waals surface area contributed by atoms with Crippen LogP contribution in [0.5, 0.6) is 0 Å². The van der Waals surface area contributed by atoms with Gasteiger partial charge < -0.3 is 5.11 Å². The molecule has 1 aliphatic heterocycles. The van der Waals surface area contributed by atoms with Crippen molar-refractivity contribution in [3.8, 4) is 11.8 Å². The molecule has 2 atom stereocenters. The third-order valence-electron chi connectivity index (χ3n) is 5.67. The Morgan fingerprint density at radius 3 is 2.22 bits per heavy atom. The number of carbonyl (C=O) groups excluding carboxylic acids is 2. The van der Waals surface area contributed by atoms with Gasteiger partial charge in [0.05, 0.1) is 23.8 Å². The van der Waals surface area contributed by atoms with E-state index in [4.69, 9.17) is 0 Å². The summed E-state index contributed by atoms with van der Waals surface area (Å²) in [7, 11) is 0. The van der Waals surface area contributed by atoms with Crippen molar-refractivity contribution < 1.29 is 14.7 Å². The van der Waals surface area contributed by atoms with Crippen molar-refractivity contribution in [3.63, 3.8) is 0 Å². The molecule has 1 aliphatic carbocycles. The number of carbonyl (C=O) groups is 2. The van der Waals surface area contributed by atoms with Crippen LogP contribution in [0.2, 0.25) is 0 Å². The van der Waals surface area contributed by atoms with Crippen LogP contribution in [-0.4, -0.2) is 34.5 Å². The number of aliphatic hydroxyl groups excluding tert-OH is 1. The van der Waals surface area contributed by atoms with Crippen LogP contribution in [-0.2, 0) is 0 Å². The summed E-state index contributed by atoms with van der Waals surface area (Å²) in [5, 5.41) is 10.9. The molecule has 0 bridgehead atoms. The predicted molar refractivity (Wildman–Crippen MR) is 105 cm³/mol. The van der Waals surface area contributed by atoms with Gasteiger partial charge in [-0.25, -0.2) is 0 Å². The summed E-state index contributed by atoms with van der Waals surface area (Å²) >= 11 is 0. The molecule has 2 aliphatic rings. The highest BCUT2D eigenvalue weighted by Gasteiger charge is 2.34. The fourth-order valence-corrected chi connectivity index (χ4v) is 4.23. The highest BCUT2D eigenvalue weighted by Crippen LogP contribution is 2.31. The maximum absolute atomic E-state index is 12.4. The normalized spacial score (nSPS) is 19.6. The van der Waals surface area contributed by atoms with Crippen LogP contribution < -0.4 is 0 Å². The molecule has 1 fully saturated rings. The van der Waals surface area contributed by atoms with Gasteiger partial charge in [-0.1, -0.05) is 57.1 Å². The van der Waals surface area contributed by atoms with Crippen molar-refractivity contribution >= 4 is 11.8 Å². The molecule has 1 aromatic rings. The molecule has 1 saturated carbocycles. The number of nitrogens with zero attached hydrogens (tertiary/aromatic N) is 1. The summed E-state index contributed by atoms with van der Waals surface area (Å²) in [5.41, 5.74) is 0.899. The van der Waals surface area contributed by atoms with Gasteiger partial charge in [0.15, 0.2) is 0 Å². The van der Waals surface area contributed by atoms with Crippen LogP contribution in [0.25, 0.3) is 0 Å². The number of hydrogen-bond acceptors (Lipinski definition) is 3. The second-order valence-corrected chi connectivity index (χ2v) is 8.19. The average molecular weight is 367 g/mol. The molecule has 1 heterocycles. The molecule has 0 spiro atoms. The fraction of sp³-hybridized carbons (Fsp3) is 0.565. The largest absolute Gasteiger partial charge is 0.392 e. The maximum atomic E-state index is 12.4. The summed E-state index contributed by atoms with van der Waals surface area (Å²) in [6.45, 7) is 4.34. The number of benzene rings is 1. The van der Waals surface area contributed by atoms with Crippen molar-refractivity contribution in [2.24, 2.45) is 17.8 Å². The minimum atomic E-state index is -0.428. The molecule has 0 saturated heterocycles. The molecule has 1 N–H and O–H groups in total. The molecule has 4 heteroatoms. The topological polar surface area (TPSA) is 57.6 Å². The van der Waals surface area contributed by atoms with E-state index in [2.05, 4.69) is 25.7 Å². The number of hydrogen-bond donors (Lipinski definition) is 1. The Morgan fingerprint density at radius 1 is 1.07 bits per heavy atom. The zero-order valence-corrected chi connectivity index (χ0v) is 16.3. The first-order valence-electron chi connectivity index (χ1n) is 10.1. The standard InChI is InChI=1S/C23H29NO3/c1-16(2)15-18(21(25)17-9-4-3-5-10-17)11-8-14-24-22(26)19-12-6-7-13-20(19)23(24)27/h6-7,12-13,16-18,21,25H,3-5,9-10,14-15H2,1-2H3/t18-,21-/m1/s1. The Kier molecular flexibility index (Phi) is 6.34. The van der Waals surface area contributed by atoms with Crippen molar-refractivity contribution in [2.45, 2.75) is 58.5 Å². The molecule has 2 amide bonds. The summed E-state index contributed by atoms with van der Waals surface area (Å²) in [5.74, 6) is 6.30. The lowest BCUT2D eigenvalue weighted by atomic mass is 9.78. The van der Waals surface area contributed by atoms with Gasteiger partial charge in [0.25, 0.3) is 11.8 Å². The fourth-order valence-electron chi connectivity index (χ4n) is 4.23. The molecule has 0 radical (unpaired) electrons. The van der Waals surface area contributed by atoms with Crippen LogP contribution >= 0.6 is 0 Å². The Morgan fingerprint density at radius 2 is 1.67 bits per heavy atom. The molecule has 0 unspecified atom stereocenters. The monoisotopic (exact) mass is 367 g/mol. The van der Waals surface area contributed by atoms with Crippen LogP contribution in [0.15, 0.2) is 24.3 Å². The van der Waals surface area contributed by atoms with E-state index >= 15 is 0 Å². The molecule has 3 rings (SSSR count). The summed E-state index contributed by atoms with van der Waals surface area (Å²) in [6.07, 6.45) is 6.14. The van der Waals surface area contributed by atoms with E-state index in [1.165, 1.54) is 24.2 Å². The third-order valence-corrected chi connectivity index (χ3v) is 5.67. The summed E-state index contributed by atoms with van der Waals surface area (Å²) in [6, 6.07) is 6.88. The van der Waals surface area contributed by atoms with Gasteiger partial charge in [0, 0.05) is 5.92 Å². The Balaban J connectivity index is 1.69. The van der Waals surface area contributed by atoms with E-state index in [1.807, 2.05) is 0 Å². The van der Waals surface area contributed by atoms with E-state index in [0.717, 1.165) is 19.3 Å². The Hall–Kier alpha value is -2.12. The number of aliphatic hydroxyl groups is 1. The van der Waals surface area contributed by atoms with E-state index in [0.29, 0.717) is 23.0 Å². The van der Waals surface area contributed by atoms with E-state index in [9.17, 15) is 14.7 Å². The highest BCUT2D eigenvalue weighted by atomic mass is 16.3. The lowest BCUT2D eigenvalue weighted by molar-refractivity contribution is 0.0461. The van der Waals surface area contributed by atoms with Gasteiger partial charge in [0.2, 0.25) is 0 Å². The van der Waals surface area contributed by atoms with Gasteiger partial charge >= 0.3 is 0 Å². The summed E-state index contributed by atoms with van der Waals surface area (Å²) in [4.78, 5) is 26.1. The first-order valence-corrected chi connectivity index (χ1v) is 10.1. The average Bonchev–Trinajstić information content (AvgIpc) is 2.92. The SMILES string of the molecule is CC(C)C[C@@H](C#CCN1C(=O)c2ccccc2C1=O)[C@H](O)C1CCCCC1. The van der Waals surface area contributed by atoms with Gasteiger partial charge in [-0.2, -0.15) is 0 Å². The maximum Gasteiger partial charge on any atom is 0.262 e. The zero-order chi connectivity index (χ0) is 19.4. The number of amides is 2. The van der Waals surface area contributed by atoms with Gasteiger partial charge in [-0.05, 0) is 43.2 Å². The van der Waals surface area contributed by atoms with Gasteiger partial charge in [-0.15, -0.1) is 0 Å². The third kappa shape index (κ3) is 4.42. The minimum Gasteiger partial charge on any atom is -0.392 e. The first kappa shape index (κ1) is 19.6. The summed E-state index contributed by atoms with van der Waals surface area (Å²) < 4.78 is 0. The lowest BCUT2D eigenvalue weighted by Gasteiger charge is -2.30. The van der Waals surface area contributed by atoms with Crippen molar-refractivity contribution in [2.75, 3.05) is 6.54 Å².